The van der Waals surface area contributed by atoms with Gasteiger partial charge in [-0.3, -0.25) is 14.9 Å². The normalized spacial score (nSPS) is 9.74. The summed E-state index contributed by atoms with van der Waals surface area (Å²) < 4.78 is 0. The lowest BCUT2D eigenvalue weighted by Crippen LogP contribution is -2.22. The number of non-ortho nitro benzene ring substituents is 1. The number of benzene rings is 2. The Morgan fingerprint density at radius 3 is 2.57 bits per heavy atom. The lowest BCUT2D eigenvalue weighted by atomic mass is 10.2. The molecule has 23 heavy (non-hydrogen) atoms. The summed E-state index contributed by atoms with van der Waals surface area (Å²) in [5.41, 5.74) is 1.17. The molecule has 7 nitrogen and oxygen atoms in total. The highest BCUT2D eigenvalue weighted by Crippen LogP contribution is 2.20. The van der Waals surface area contributed by atoms with Crippen molar-refractivity contribution in [3.63, 3.8) is 0 Å². The van der Waals surface area contributed by atoms with Gasteiger partial charge in [0.15, 0.2) is 0 Å². The summed E-state index contributed by atoms with van der Waals surface area (Å²) in [6.07, 6.45) is 0. The molecule has 0 saturated heterocycles. The van der Waals surface area contributed by atoms with Gasteiger partial charge in [-0.1, -0.05) is 11.6 Å². The average Bonchev–Trinajstić information content (AvgIpc) is 2.53. The average molecular weight is 331 g/mol. The van der Waals surface area contributed by atoms with Gasteiger partial charge < -0.3 is 10.6 Å². The summed E-state index contributed by atoms with van der Waals surface area (Å²) in [6.45, 7) is -0.0603. The first-order valence-corrected chi connectivity index (χ1v) is 6.85. The van der Waals surface area contributed by atoms with Crippen molar-refractivity contribution >= 4 is 34.6 Å². The Hall–Kier alpha value is -3.11. The van der Waals surface area contributed by atoms with Gasteiger partial charge in [-0.2, -0.15) is 5.26 Å². The summed E-state index contributed by atoms with van der Waals surface area (Å²) >= 11 is 5.84. The van der Waals surface area contributed by atoms with Crippen LogP contribution in [0.4, 0.5) is 17.1 Å². The number of rotatable bonds is 5. The second-order valence-electron chi connectivity index (χ2n) is 4.51. The molecule has 0 aliphatic carbocycles. The first kappa shape index (κ1) is 16.3. The zero-order valence-corrected chi connectivity index (χ0v) is 12.5. The smallest absolute Gasteiger partial charge is 0.269 e. The van der Waals surface area contributed by atoms with E-state index in [9.17, 15) is 14.9 Å². The van der Waals surface area contributed by atoms with Crippen molar-refractivity contribution in [2.75, 3.05) is 17.2 Å². The van der Waals surface area contributed by atoms with Crippen LogP contribution < -0.4 is 10.6 Å². The van der Waals surface area contributed by atoms with Crippen molar-refractivity contribution < 1.29 is 9.72 Å². The molecule has 1 amide bonds. The Kier molecular flexibility index (Phi) is 5.12. The van der Waals surface area contributed by atoms with Gasteiger partial charge >= 0.3 is 0 Å². The van der Waals surface area contributed by atoms with E-state index in [1.165, 1.54) is 36.4 Å². The monoisotopic (exact) mass is 330 g/mol. The number of halogens is 1. The minimum Gasteiger partial charge on any atom is -0.376 e. The van der Waals surface area contributed by atoms with Crippen LogP contribution in [0.1, 0.15) is 5.56 Å². The number of hydrogen-bond donors (Lipinski definition) is 2. The van der Waals surface area contributed by atoms with Crippen LogP contribution in [0.5, 0.6) is 0 Å². The molecule has 2 rings (SSSR count). The maximum absolute atomic E-state index is 11.9. The number of anilines is 2. The molecular formula is C15H11ClN4O3. The SMILES string of the molecule is N#Cc1ccc(Cl)cc1NC(=O)CNc1ccc([N+](=O)[O-])cc1. The van der Waals surface area contributed by atoms with Crippen molar-refractivity contribution in [3.8, 4) is 6.07 Å². The van der Waals surface area contributed by atoms with Crippen molar-refractivity contribution in [2.45, 2.75) is 0 Å². The van der Waals surface area contributed by atoms with Crippen LogP contribution in [0, 0.1) is 21.4 Å². The Balaban J connectivity index is 1.97. The van der Waals surface area contributed by atoms with E-state index in [1.54, 1.807) is 6.07 Å². The molecule has 0 aliphatic rings. The predicted molar refractivity (Wildman–Crippen MR) is 86.4 cm³/mol. The van der Waals surface area contributed by atoms with E-state index in [0.717, 1.165) is 0 Å². The fourth-order valence-corrected chi connectivity index (χ4v) is 1.97. The topological polar surface area (TPSA) is 108 Å². The molecule has 8 heteroatoms. The van der Waals surface area contributed by atoms with Gasteiger partial charge in [0, 0.05) is 22.8 Å². The molecule has 0 unspecified atom stereocenters. The second kappa shape index (κ2) is 7.24. The highest BCUT2D eigenvalue weighted by molar-refractivity contribution is 6.31. The first-order chi connectivity index (χ1) is 11.0. The van der Waals surface area contributed by atoms with Gasteiger partial charge in [-0.15, -0.1) is 0 Å². The minimum absolute atomic E-state index is 0.0300. The van der Waals surface area contributed by atoms with Gasteiger partial charge in [-0.05, 0) is 30.3 Å². The van der Waals surface area contributed by atoms with Gasteiger partial charge in [0.2, 0.25) is 5.91 Å². The van der Waals surface area contributed by atoms with E-state index >= 15 is 0 Å². The number of nitro benzene ring substituents is 1. The molecule has 116 valence electrons. The maximum atomic E-state index is 11.9. The van der Waals surface area contributed by atoms with Crippen molar-refractivity contribution in [1.29, 1.82) is 5.26 Å². The number of nitrogens with one attached hydrogen (secondary N) is 2. The van der Waals surface area contributed by atoms with Crippen molar-refractivity contribution in [3.05, 3.63) is 63.2 Å². The van der Waals surface area contributed by atoms with Gasteiger partial charge in [-0.25, -0.2) is 0 Å². The lowest BCUT2D eigenvalue weighted by molar-refractivity contribution is -0.384. The Morgan fingerprint density at radius 2 is 1.96 bits per heavy atom. The van der Waals surface area contributed by atoms with Gasteiger partial charge in [0.05, 0.1) is 22.7 Å². The van der Waals surface area contributed by atoms with Crippen LogP contribution in [0.2, 0.25) is 5.02 Å². The Labute approximate surface area is 136 Å². The first-order valence-electron chi connectivity index (χ1n) is 6.47. The van der Waals surface area contributed by atoms with E-state index in [1.807, 2.05) is 6.07 Å². The van der Waals surface area contributed by atoms with Crippen LogP contribution in [0.25, 0.3) is 0 Å². The summed E-state index contributed by atoms with van der Waals surface area (Å²) in [6, 6.07) is 12.2. The van der Waals surface area contributed by atoms with Crippen LogP contribution in [0.3, 0.4) is 0 Å². The molecule has 2 aromatic rings. The number of amides is 1. The summed E-state index contributed by atoms with van der Waals surface area (Å²) in [4.78, 5) is 22.0. The fraction of sp³-hybridized carbons (Fsp3) is 0.0667. The molecule has 0 aliphatic heterocycles. The zero-order valence-electron chi connectivity index (χ0n) is 11.7. The second-order valence-corrected chi connectivity index (χ2v) is 4.94. The Bertz CT molecular complexity index is 784. The predicted octanol–water partition coefficient (Wildman–Crippen LogP) is 3.17. The van der Waals surface area contributed by atoms with Crippen LogP contribution in [-0.4, -0.2) is 17.4 Å². The zero-order chi connectivity index (χ0) is 16.8. The highest BCUT2D eigenvalue weighted by atomic mass is 35.5. The van der Waals surface area contributed by atoms with Gasteiger partial charge in [0.1, 0.15) is 6.07 Å². The summed E-state index contributed by atoms with van der Waals surface area (Å²) in [5, 5.41) is 25.4. The molecule has 0 bridgehead atoms. The lowest BCUT2D eigenvalue weighted by Gasteiger charge is -2.09. The van der Waals surface area contributed by atoms with Gasteiger partial charge in [0.25, 0.3) is 5.69 Å². The largest absolute Gasteiger partial charge is 0.376 e. The van der Waals surface area contributed by atoms with E-state index in [-0.39, 0.29) is 18.1 Å². The van der Waals surface area contributed by atoms with Crippen molar-refractivity contribution in [1.82, 2.24) is 0 Å². The third-order valence-corrected chi connectivity index (χ3v) is 3.14. The third kappa shape index (κ3) is 4.43. The molecule has 0 atom stereocenters. The molecule has 0 spiro atoms. The number of carbonyl (C=O) groups excluding carboxylic acids is 1. The quantitative estimate of drug-likeness (QED) is 0.646. The number of hydrogen-bond acceptors (Lipinski definition) is 5. The molecule has 0 aromatic heterocycles. The number of nitro groups is 1. The third-order valence-electron chi connectivity index (χ3n) is 2.91. The number of nitrogens with zero attached hydrogens (tertiary/aromatic N) is 2. The number of nitriles is 1. The molecule has 0 heterocycles. The molecule has 0 radical (unpaired) electrons. The highest BCUT2D eigenvalue weighted by Gasteiger charge is 2.08. The van der Waals surface area contributed by atoms with Crippen LogP contribution in [0.15, 0.2) is 42.5 Å². The minimum atomic E-state index is -0.501. The van der Waals surface area contributed by atoms with Crippen LogP contribution >= 0.6 is 11.6 Å². The summed E-state index contributed by atoms with van der Waals surface area (Å²) in [7, 11) is 0. The van der Waals surface area contributed by atoms with E-state index in [4.69, 9.17) is 16.9 Å². The Morgan fingerprint density at radius 1 is 1.26 bits per heavy atom. The fourth-order valence-electron chi connectivity index (χ4n) is 1.80. The summed E-state index contributed by atoms with van der Waals surface area (Å²) in [5.74, 6) is -0.373. The van der Waals surface area contributed by atoms with E-state index in [0.29, 0.717) is 22.0 Å². The van der Waals surface area contributed by atoms with Crippen molar-refractivity contribution in [2.24, 2.45) is 0 Å². The van der Waals surface area contributed by atoms with E-state index < -0.39 is 4.92 Å². The molecule has 2 aromatic carbocycles. The molecular weight excluding hydrogens is 320 g/mol. The molecule has 2 N–H and O–H groups in total. The molecule has 0 fully saturated rings. The van der Waals surface area contributed by atoms with E-state index in [2.05, 4.69) is 10.6 Å². The van der Waals surface area contributed by atoms with Crippen LogP contribution in [-0.2, 0) is 4.79 Å². The maximum Gasteiger partial charge on any atom is 0.269 e. The standard InChI is InChI=1S/C15H11ClN4O3/c16-11-2-1-10(8-17)14(7-11)19-15(21)9-18-12-3-5-13(6-4-12)20(22)23/h1-7,18H,9H2,(H,19,21). The number of carbonyl (C=O) groups is 1. The molecule has 0 saturated carbocycles.